The van der Waals surface area contributed by atoms with Gasteiger partial charge in [0.25, 0.3) is 0 Å². The summed E-state index contributed by atoms with van der Waals surface area (Å²) in [6.45, 7) is 7.86. The second kappa shape index (κ2) is 18.2. The van der Waals surface area contributed by atoms with Gasteiger partial charge >= 0.3 is 0 Å². The Labute approximate surface area is 325 Å². The molecular formula is C35H44ClN13O4S2. The molecular weight excluding hydrogens is 766 g/mol. The van der Waals surface area contributed by atoms with Crippen molar-refractivity contribution in [2.75, 3.05) is 44.6 Å². The van der Waals surface area contributed by atoms with Gasteiger partial charge in [-0.05, 0) is 87.3 Å². The van der Waals surface area contributed by atoms with Crippen molar-refractivity contribution in [1.29, 1.82) is 0 Å². The van der Waals surface area contributed by atoms with Gasteiger partial charge in [-0.25, -0.2) is 45.4 Å². The molecule has 0 unspecified atom stereocenters. The highest BCUT2D eigenvalue weighted by Crippen LogP contribution is 2.21. The third kappa shape index (κ3) is 11.3. The lowest BCUT2D eigenvalue weighted by Gasteiger charge is -2.12. The average molecular weight is 810 g/mol. The molecule has 0 spiro atoms. The maximum absolute atomic E-state index is 12.3. The van der Waals surface area contributed by atoms with Crippen LogP contribution in [0, 0.1) is 27.7 Å². The SMILES string of the molecule is CN(C)S(=O)(=O)c1cccc(N)c1.Cc1[nH]nc(Nc2ccnc(Cc3cccc(S(=O)(=O)N(C)C)c3)n2)c1C.Cc1[nH]nc(Nc2ccnc(Cl)n2)c1C. The number of nitrogens with one attached hydrogen (secondary N) is 4. The van der Waals surface area contributed by atoms with Crippen molar-refractivity contribution in [3.05, 3.63) is 112 Å². The number of benzene rings is 2. The molecule has 6 aromatic rings. The summed E-state index contributed by atoms with van der Waals surface area (Å²) in [4.78, 5) is 17.1. The molecule has 0 aliphatic heterocycles. The van der Waals surface area contributed by atoms with Crippen LogP contribution in [0.2, 0.25) is 5.28 Å². The van der Waals surface area contributed by atoms with Crippen molar-refractivity contribution in [3.63, 3.8) is 0 Å². The molecule has 292 valence electrons. The van der Waals surface area contributed by atoms with E-state index in [4.69, 9.17) is 17.3 Å². The molecule has 4 aromatic heterocycles. The fourth-order valence-corrected chi connectivity index (χ4v) is 6.59. The smallest absolute Gasteiger partial charge is 0.242 e. The Balaban J connectivity index is 0.000000202. The predicted molar refractivity (Wildman–Crippen MR) is 214 cm³/mol. The Hall–Kier alpha value is -5.47. The van der Waals surface area contributed by atoms with E-state index in [1.807, 2.05) is 33.8 Å². The molecule has 0 saturated carbocycles. The number of nitrogens with zero attached hydrogens (tertiary/aromatic N) is 8. The van der Waals surface area contributed by atoms with Gasteiger partial charge in [0, 0.05) is 75.2 Å². The van der Waals surface area contributed by atoms with Gasteiger partial charge in [-0.15, -0.1) is 0 Å². The number of nitrogen functional groups attached to an aromatic ring is 1. The Bertz CT molecular complexity index is 2450. The molecule has 0 aliphatic carbocycles. The van der Waals surface area contributed by atoms with Crippen LogP contribution in [-0.2, 0) is 26.5 Å². The van der Waals surface area contributed by atoms with E-state index >= 15 is 0 Å². The van der Waals surface area contributed by atoms with E-state index in [9.17, 15) is 16.8 Å². The van der Waals surface area contributed by atoms with Crippen LogP contribution in [-0.4, -0.2) is 94.0 Å². The lowest BCUT2D eigenvalue weighted by atomic mass is 10.1. The van der Waals surface area contributed by atoms with Crippen LogP contribution >= 0.6 is 11.6 Å². The fourth-order valence-electron chi connectivity index (χ4n) is 4.51. The third-order valence-electron chi connectivity index (χ3n) is 8.01. The van der Waals surface area contributed by atoms with E-state index in [2.05, 4.69) is 51.0 Å². The second-order valence-corrected chi connectivity index (χ2v) is 17.1. The molecule has 0 atom stereocenters. The molecule has 6 N–H and O–H groups in total. The Morgan fingerprint density at radius 2 is 1.18 bits per heavy atom. The Morgan fingerprint density at radius 3 is 1.65 bits per heavy atom. The standard InChI is InChI=1S/C18H22N6O2S.C9H10ClN5.C8H12N2O2S/c1-12-13(2)22-23-18(12)21-16-8-9-19-17(20-16)11-14-6-5-7-15(10-14)27(25,26)24(3)4;1-5-6(2)14-15-8(5)12-7-3-4-11-9(10)13-7;1-10(2)13(11,12)8-5-3-4-7(9)6-8/h5-10H,11H2,1-4H3,(H2,19,20,21,22,23);3-4H,1-2H3,(H2,11,12,13,14,15);3-6H,9H2,1-2H3. The highest BCUT2D eigenvalue weighted by molar-refractivity contribution is 7.89. The minimum absolute atomic E-state index is 0.213. The summed E-state index contributed by atoms with van der Waals surface area (Å²) in [5, 5.41) is 20.6. The lowest BCUT2D eigenvalue weighted by molar-refractivity contribution is 0.519. The zero-order valence-electron chi connectivity index (χ0n) is 31.6. The van der Waals surface area contributed by atoms with Crippen molar-refractivity contribution in [1.82, 2.24) is 48.9 Å². The monoisotopic (exact) mass is 809 g/mol. The zero-order valence-corrected chi connectivity index (χ0v) is 34.0. The van der Waals surface area contributed by atoms with Crippen LogP contribution in [0.25, 0.3) is 0 Å². The van der Waals surface area contributed by atoms with Crippen LogP contribution < -0.4 is 16.4 Å². The van der Waals surface area contributed by atoms with E-state index in [1.54, 1.807) is 54.9 Å². The highest BCUT2D eigenvalue weighted by atomic mass is 35.5. The number of sulfonamides is 2. The first-order valence-corrected chi connectivity index (χ1v) is 19.8. The number of aromatic nitrogens is 8. The first-order valence-electron chi connectivity index (χ1n) is 16.6. The van der Waals surface area contributed by atoms with Crippen molar-refractivity contribution in [2.45, 2.75) is 43.9 Å². The number of halogens is 1. The van der Waals surface area contributed by atoms with Crippen molar-refractivity contribution < 1.29 is 16.8 Å². The maximum atomic E-state index is 12.3. The predicted octanol–water partition coefficient (Wildman–Crippen LogP) is 5.13. The van der Waals surface area contributed by atoms with Gasteiger partial charge in [0.2, 0.25) is 25.3 Å². The molecule has 0 amide bonds. The summed E-state index contributed by atoms with van der Waals surface area (Å²) in [6.07, 6.45) is 3.68. The number of hydrogen-bond acceptors (Lipinski definition) is 13. The second-order valence-electron chi connectivity index (χ2n) is 12.4. The van der Waals surface area contributed by atoms with Crippen LogP contribution in [0.4, 0.5) is 29.0 Å². The molecule has 17 nitrogen and oxygen atoms in total. The van der Waals surface area contributed by atoms with E-state index in [0.29, 0.717) is 29.6 Å². The lowest BCUT2D eigenvalue weighted by Crippen LogP contribution is -2.22. The highest BCUT2D eigenvalue weighted by Gasteiger charge is 2.18. The summed E-state index contributed by atoms with van der Waals surface area (Å²) in [5.41, 5.74) is 10.8. The molecule has 2 aromatic carbocycles. The summed E-state index contributed by atoms with van der Waals surface area (Å²) in [5.74, 6) is 3.32. The molecule has 0 bridgehead atoms. The van der Waals surface area contributed by atoms with Crippen LogP contribution in [0.1, 0.15) is 33.9 Å². The number of anilines is 5. The zero-order chi connectivity index (χ0) is 40.5. The first-order chi connectivity index (χ1) is 25.9. The number of aromatic amines is 2. The van der Waals surface area contributed by atoms with Crippen LogP contribution in [0.15, 0.2) is 82.8 Å². The first kappa shape index (κ1) is 42.3. The van der Waals surface area contributed by atoms with E-state index < -0.39 is 20.0 Å². The third-order valence-corrected chi connectivity index (χ3v) is 11.8. The van der Waals surface area contributed by atoms with Crippen LogP contribution in [0.5, 0.6) is 0 Å². The molecule has 0 radical (unpaired) electrons. The molecule has 55 heavy (non-hydrogen) atoms. The number of H-pyrrole nitrogens is 2. The fraction of sp³-hybridized carbons (Fsp3) is 0.257. The van der Waals surface area contributed by atoms with Gasteiger partial charge in [0.15, 0.2) is 11.6 Å². The average Bonchev–Trinajstić information content (AvgIpc) is 3.63. The van der Waals surface area contributed by atoms with E-state index in [1.165, 1.54) is 44.6 Å². The van der Waals surface area contributed by atoms with E-state index in [0.717, 1.165) is 44.0 Å². The van der Waals surface area contributed by atoms with Gasteiger partial charge in [0.1, 0.15) is 17.5 Å². The molecule has 4 heterocycles. The van der Waals surface area contributed by atoms with Crippen molar-refractivity contribution in [3.8, 4) is 0 Å². The van der Waals surface area contributed by atoms with Gasteiger partial charge in [-0.1, -0.05) is 18.2 Å². The minimum Gasteiger partial charge on any atom is -0.399 e. The summed E-state index contributed by atoms with van der Waals surface area (Å²) in [7, 11) is -0.826. The number of aryl methyl sites for hydroxylation is 2. The largest absolute Gasteiger partial charge is 0.399 e. The van der Waals surface area contributed by atoms with E-state index in [-0.39, 0.29) is 15.1 Å². The number of rotatable bonds is 10. The normalized spacial score (nSPS) is 11.4. The molecule has 0 fully saturated rings. The quantitative estimate of drug-likeness (QED) is 0.0893. The molecule has 6 rings (SSSR count). The van der Waals surface area contributed by atoms with Crippen molar-refractivity contribution in [2.24, 2.45) is 0 Å². The van der Waals surface area contributed by atoms with Crippen LogP contribution in [0.3, 0.4) is 0 Å². The summed E-state index contributed by atoms with van der Waals surface area (Å²) < 4.78 is 50.1. The minimum atomic E-state index is -3.47. The molecule has 0 saturated heterocycles. The van der Waals surface area contributed by atoms with Gasteiger partial charge < -0.3 is 16.4 Å². The maximum Gasteiger partial charge on any atom is 0.242 e. The number of hydrogen-bond donors (Lipinski definition) is 5. The Morgan fingerprint density at radius 1 is 0.691 bits per heavy atom. The Kier molecular flexibility index (Phi) is 14.0. The van der Waals surface area contributed by atoms with Crippen molar-refractivity contribution >= 4 is 60.6 Å². The summed E-state index contributed by atoms with van der Waals surface area (Å²) >= 11 is 5.67. The topological polar surface area (TPSA) is 234 Å². The molecule has 20 heteroatoms. The van der Waals surface area contributed by atoms with Gasteiger partial charge in [-0.3, -0.25) is 10.2 Å². The molecule has 0 aliphatic rings. The van der Waals surface area contributed by atoms with Gasteiger partial charge in [-0.2, -0.15) is 10.2 Å². The van der Waals surface area contributed by atoms with Gasteiger partial charge in [0.05, 0.1) is 9.79 Å². The summed E-state index contributed by atoms with van der Waals surface area (Å²) in [6, 6.07) is 16.5. The number of nitrogens with two attached hydrogens (primary N) is 1.